The summed E-state index contributed by atoms with van der Waals surface area (Å²) in [5.74, 6) is 0. The van der Waals surface area contributed by atoms with E-state index in [2.05, 4.69) is 0 Å². The van der Waals surface area contributed by atoms with Crippen LogP contribution in [0, 0.1) is 0 Å². The van der Waals surface area contributed by atoms with Crippen molar-refractivity contribution in [1.29, 1.82) is 0 Å². The van der Waals surface area contributed by atoms with Gasteiger partial charge in [-0.1, -0.05) is 6.92 Å². The van der Waals surface area contributed by atoms with Crippen LogP contribution in [0.4, 0.5) is 0 Å². The summed E-state index contributed by atoms with van der Waals surface area (Å²) < 4.78 is 10.7. The van der Waals surface area contributed by atoms with E-state index in [1.165, 1.54) is 0 Å². The van der Waals surface area contributed by atoms with Crippen LogP contribution in [0.5, 0.6) is 0 Å². The van der Waals surface area contributed by atoms with Gasteiger partial charge in [0.1, 0.15) is 12.4 Å². The van der Waals surface area contributed by atoms with E-state index in [9.17, 15) is 4.79 Å². The normalized spacial score (nSPS) is 26.6. The topological polar surface area (TPSA) is 35.5 Å². The fourth-order valence-electron chi connectivity index (χ4n) is 1.24. The molecule has 0 aromatic heterocycles. The SMILES string of the molecule is CCC(C=O)OC1CCCCO1. The van der Waals surface area contributed by atoms with Crippen molar-refractivity contribution in [2.75, 3.05) is 6.61 Å². The number of rotatable bonds is 4. The van der Waals surface area contributed by atoms with Crippen molar-refractivity contribution >= 4 is 6.29 Å². The van der Waals surface area contributed by atoms with E-state index in [0.717, 1.165) is 38.6 Å². The van der Waals surface area contributed by atoms with E-state index in [1.54, 1.807) is 0 Å². The van der Waals surface area contributed by atoms with Gasteiger partial charge in [-0.3, -0.25) is 0 Å². The standard InChI is InChI=1S/C9H16O3/c1-2-8(7-10)12-9-5-3-4-6-11-9/h7-9H,2-6H2,1H3. The molecule has 1 heterocycles. The first-order valence-corrected chi connectivity index (χ1v) is 4.59. The highest BCUT2D eigenvalue weighted by molar-refractivity contribution is 5.55. The van der Waals surface area contributed by atoms with E-state index in [-0.39, 0.29) is 12.4 Å². The monoisotopic (exact) mass is 172 g/mol. The Morgan fingerprint density at radius 2 is 2.50 bits per heavy atom. The molecule has 12 heavy (non-hydrogen) atoms. The minimum absolute atomic E-state index is 0.145. The highest BCUT2D eigenvalue weighted by atomic mass is 16.7. The Bertz CT molecular complexity index is 130. The van der Waals surface area contributed by atoms with Gasteiger partial charge in [0.15, 0.2) is 6.29 Å². The Hall–Kier alpha value is -0.410. The molecule has 1 saturated heterocycles. The van der Waals surface area contributed by atoms with E-state index < -0.39 is 0 Å². The van der Waals surface area contributed by atoms with Crippen LogP contribution >= 0.6 is 0 Å². The molecule has 3 nitrogen and oxygen atoms in total. The summed E-state index contributed by atoms with van der Waals surface area (Å²) in [6, 6.07) is 0. The molecule has 2 unspecified atom stereocenters. The van der Waals surface area contributed by atoms with Crippen LogP contribution in [0.3, 0.4) is 0 Å². The number of hydrogen-bond acceptors (Lipinski definition) is 3. The van der Waals surface area contributed by atoms with Crippen LogP contribution in [0.25, 0.3) is 0 Å². The maximum Gasteiger partial charge on any atom is 0.158 e. The lowest BCUT2D eigenvalue weighted by atomic mass is 10.2. The molecular weight excluding hydrogens is 156 g/mol. The molecule has 2 atom stereocenters. The van der Waals surface area contributed by atoms with Gasteiger partial charge >= 0.3 is 0 Å². The van der Waals surface area contributed by atoms with Gasteiger partial charge in [0.05, 0.1) is 0 Å². The summed E-state index contributed by atoms with van der Waals surface area (Å²) in [5, 5.41) is 0. The molecule has 1 aliphatic heterocycles. The molecule has 0 N–H and O–H groups in total. The van der Waals surface area contributed by atoms with Gasteiger partial charge in [0, 0.05) is 6.61 Å². The van der Waals surface area contributed by atoms with Gasteiger partial charge in [0.25, 0.3) is 0 Å². The minimum Gasteiger partial charge on any atom is -0.353 e. The Labute approximate surface area is 73.0 Å². The summed E-state index contributed by atoms with van der Waals surface area (Å²) in [6.07, 6.45) is 4.31. The molecule has 0 bridgehead atoms. The summed E-state index contributed by atoms with van der Waals surface area (Å²) in [6.45, 7) is 2.70. The number of aldehydes is 1. The van der Waals surface area contributed by atoms with Gasteiger partial charge in [-0.2, -0.15) is 0 Å². The molecule has 70 valence electrons. The predicted molar refractivity (Wildman–Crippen MR) is 44.8 cm³/mol. The maximum atomic E-state index is 10.4. The van der Waals surface area contributed by atoms with Gasteiger partial charge in [-0.15, -0.1) is 0 Å². The van der Waals surface area contributed by atoms with Crippen LogP contribution in [-0.2, 0) is 14.3 Å². The molecule has 3 heteroatoms. The molecule has 0 aromatic rings. The fraction of sp³-hybridized carbons (Fsp3) is 0.889. The first-order valence-electron chi connectivity index (χ1n) is 4.59. The lowest BCUT2D eigenvalue weighted by Gasteiger charge is -2.24. The number of ether oxygens (including phenoxy) is 2. The molecule has 0 aromatic carbocycles. The second kappa shape index (κ2) is 5.27. The largest absolute Gasteiger partial charge is 0.353 e. The maximum absolute atomic E-state index is 10.4. The third-order valence-electron chi connectivity index (χ3n) is 2.02. The van der Waals surface area contributed by atoms with Crippen LogP contribution in [0.15, 0.2) is 0 Å². The van der Waals surface area contributed by atoms with Crippen molar-refractivity contribution in [2.45, 2.75) is 45.0 Å². The highest BCUT2D eigenvalue weighted by Crippen LogP contribution is 2.15. The van der Waals surface area contributed by atoms with Crippen LogP contribution in [0.2, 0.25) is 0 Å². The van der Waals surface area contributed by atoms with Gasteiger partial charge in [-0.05, 0) is 25.7 Å². The zero-order chi connectivity index (χ0) is 8.81. The average Bonchev–Trinajstić information content (AvgIpc) is 2.16. The summed E-state index contributed by atoms with van der Waals surface area (Å²) in [7, 11) is 0. The smallest absolute Gasteiger partial charge is 0.158 e. The average molecular weight is 172 g/mol. The Balaban J connectivity index is 2.22. The van der Waals surface area contributed by atoms with Gasteiger partial charge < -0.3 is 14.3 Å². The fourth-order valence-corrected chi connectivity index (χ4v) is 1.24. The molecular formula is C9H16O3. The molecule has 1 rings (SSSR count). The Kier molecular flexibility index (Phi) is 4.25. The summed E-state index contributed by atoms with van der Waals surface area (Å²) >= 11 is 0. The lowest BCUT2D eigenvalue weighted by Crippen LogP contribution is -2.28. The number of carbonyl (C=O) groups excluding carboxylic acids is 1. The first-order chi connectivity index (χ1) is 5.86. The molecule has 1 fully saturated rings. The Morgan fingerprint density at radius 1 is 1.67 bits per heavy atom. The molecule has 0 saturated carbocycles. The van der Waals surface area contributed by atoms with Gasteiger partial charge in [0.2, 0.25) is 0 Å². The second-order valence-electron chi connectivity index (χ2n) is 3.01. The van der Waals surface area contributed by atoms with Crippen LogP contribution in [-0.4, -0.2) is 25.3 Å². The molecule has 0 aliphatic carbocycles. The van der Waals surface area contributed by atoms with Crippen molar-refractivity contribution in [3.8, 4) is 0 Å². The summed E-state index contributed by atoms with van der Waals surface area (Å²) in [5.41, 5.74) is 0. The third-order valence-corrected chi connectivity index (χ3v) is 2.02. The second-order valence-corrected chi connectivity index (χ2v) is 3.01. The molecule has 1 aliphatic rings. The molecule has 0 amide bonds. The number of hydrogen-bond donors (Lipinski definition) is 0. The zero-order valence-electron chi connectivity index (χ0n) is 7.49. The lowest BCUT2D eigenvalue weighted by molar-refractivity contribution is -0.186. The van der Waals surface area contributed by atoms with Crippen molar-refractivity contribution < 1.29 is 14.3 Å². The van der Waals surface area contributed by atoms with Crippen molar-refractivity contribution in [3.63, 3.8) is 0 Å². The predicted octanol–water partition coefficient (Wildman–Crippen LogP) is 1.51. The zero-order valence-corrected chi connectivity index (χ0v) is 7.49. The Morgan fingerprint density at radius 3 is 3.00 bits per heavy atom. The number of carbonyl (C=O) groups is 1. The minimum atomic E-state index is -0.284. The van der Waals surface area contributed by atoms with E-state index in [1.807, 2.05) is 6.92 Å². The van der Waals surface area contributed by atoms with Crippen molar-refractivity contribution in [1.82, 2.24) is 0 Å². The van der Waals surface area contributed by atoms with Crippen LogP contribution in [0.1, 0.15) is 32.6 Å². The van der Waals surface area contributed by atoms with E-state index in [0.29, 0.717) is 0 Å². The molecule has 0 radical (unpaired) electrons. The van der Waals surface area contributed by atoms with E-state index >= 15 is 0 Å². The summed E-state index contributed by atoms with van der Waals surface area (Å²) in [4.78, 5) is 10.4. The quantitative estimate of drug-likeness (QED) is 0.603. The van der Waals surface area contributed by atoms with Gasteiger partial charge in [-0.25, -0.2) is 0 Å². The van der Waals surface area contributed by atoms with Crippen LogP contribution < -0.4 is 0 Å². The third kappa shape index (κ3) is 2.91. The molecule has 0 spiro atoms. The van der Waals surface area contributed by atoms with Crippen molar-refractivity contribution in [3.05, 3.63) is 0 Å². The van der Waals surface area contributed by atoms with Crippen molar-refractivity contribution in [2.24, 2.45) is 0 Å². The first kappa shape index (κ1) is 9.68. The van der Waals surface area contributed by atoms with E-state index in [4.69, 9.17) is 9.47 Å². The highest BCUT2D eigenvalue weighted by Gasteiger charge is 2.17.